The molecule has 1 aliphatic rings. The van der Waals surface area contributed by atoms with E-state index < -0.39 is 11.8 Å². The molecule has 2 amide bonds. The molecule has 0 bridgehead atoms. The second-order valence-corrected chi connectivity index (χ2v) is 7.88. The van der Waals surface area contributed by atoms with Crippen molar-refractivity contribution in [3.63, 3.8) is 0 Å². The Hall–Kier alpha value is -2.41. The fourth-order valence-electron chi connectivity index (χ4n) is 3.43. The van der Waals surface area contributed by atoms with Crippen LogP contribution in [0, 0.1) is 6.92 Å². The van der Waals surface area contributed by atoms with Gasteiger partial charge in [-0.1, -0.05) is 48.0 Å². The topological polar surface area (TPSA) is 70.7 Å². The van der Waals surface area contributed by atoms with Gasteiger partial charge >= 0.3 is 11.8 Å². The van der Waals surface area contributed by atoms with Crippen molar-refractivity contribution >= 4 is 29.1 Å². The average Bonchev–Trinajstić information content (AvgIpc) is 2.76. The van der Waals surface area contributed by atoms with Gasteiger partial charge in [0.15, 0.2) is 0 Å². The van der Waals surface area contributed by atoms with E-state index in [0.717, 1.165) is 44.6 Å². The molecule has 1 atom stereocenters. The quantitative estimate of drug-likeness (QED) is 0.521. The second-order valence-electron chi connectivity index (χ2n) is 7.45. The molecule has 1 aliphatic heterocycles. The summed E-state index contributed by atoms with van der Waals surface area (Å²) in [6.45, 7) is 5.76. The predicted octanol–water partition coefficient (Wildman–Crippen LogP) is 3.56. The number of hydrogen-bond donors (Lipinski definition) is 2. The van der Waals surface area contributed by atoms with Crippen LogP contribution in [0.5, 0.6) is 0 Å². The first-order valence-electron chi connectivity index (χ1n) is 10.3. The number of nitrogens with one attached hydrogen (secondary N) is 2. The third kappa shape index (κ3) is 6.55. The van der Waals surface area contributed by atoms with Crippen LogP contribution in [0.1, 0.15) is 30.1 Å². The van der Waals surface area contributed by atoms with Gasteiger partial charge in [0.2, 0.25) is 0 Å². The van der Waals surface area contributed by atoms with E-state index in [1.807, 2.05) is 25.1 Å². The van der Waals surface area contributed by atoms with Crippen LogP contribution in [-0.2, 0) is 14.3 Å². The predicted molar refractivity (Wildman–Crippen MR) is 119 cm³/mol. The summed E-state index contributed by atoms with van der Waals surface area (Å²) >= 11 is 5.94. The molecule has 3 rings (SSSR count). The van der Waals surface area contributed by atoms with Gasteiger partial charge in [-0.2, -0.15) is 0 Å². The van der Waals surface area contributed by atoms with Crippen LogP contribution in [0.25, 0.3) is 0 Å². The number of unbranched alkanes of at least 4 members (excludes halogenated alkanes) is 1. The summed E-state index contributed by atoms with van der Waals surface area (Å²) in [5, 5.41) is 5.80. The van der Waals surface area contributed by atoms with Crippen molar-refractivity contribution in [2.24, 2.45) is 0 Å². The number of morpholine rings is 1. The summed E-state index contributed by atoms with van der Waals surface area (Å²) in [7, 11) is 0. The second kappa shape index (κ2) is 11.1. The maximum absolute atomic E-state index is 12.1. The van der Waals surface area contributed by atoms with Crippen LogP contribution in [-0.4, -0.2) is 49.5 Å². The van der Waals surface area contributed by atoms with Gasteiger partial charge in [0, 0.05) is 30.3 Å². The number of carbonyl (C=O) groups is 2. The van der Waals surface area contributed by atoms with Crippen molar-refractivity contribution in [1.82, 2.24) is 10.2 Å². The Labute approximate surface area is 182 Å². The SMILES string of the molecule is Cc1ccc(Cl)cc1NC(=O)C(=O)NCCCCN1CCOC(c2ccccc2)C1. The highest BCUT2D eigenvalue weighted by atomic mass is 35.5. The molecule has 2 N–H and O–H groups in total. The summed E-state index contributed by atoms with van der Waals surface area (Å²) in [4.78, 5) is 26.5. The van der Waals surface area contributed by atoms with Gasteiger partial charge in [-0.25, -0.2) is 0 Å². The summed E-state index contributed by atoms with van der Waals surface area (Å²) in [5.74, 6) is -1.32. The standard InChI is InChI=1S/C23H28ClN3O3/c1-17-9-10-19(24)15-20(17)26-23(29)22(28)25-11-5-6-12-27-13-14-30-21(16-27)18-7-3-2-4-8-18/h2-4,7-10,15,21H,5-6,11-14,16H2,1H3,(H,25,28)(H,26,29). The average molecular weight is 430 g/mol. The number of ether oxygens (including phenoxy) is 1. The number of hydrogen-bond acceptors (Lipinski definition) is 4. The van der Waals surface area contributed by atoms with Crippen LogP contribution < -0.4 is 10.6 Å². The molecular weight excluding hydrogens is 402 g/mol. The molecule has 0 spiro atoms. The molecule has 7 heteroatoms. The third-order valence-electron chi connectivity index (χ3n) is 5.16. The van der Waals surface area contributed by atoms with Crippen molar-refractivity contribution < 1.29 is 14.3 Å². The Balaban J connectivity index is 1.34. The van der Waals surface area contributed by atoms with Gasteiger partial charge < -0.3 is 15.4 Å². The summed E-state index contributed by atoms with van der Waals surface area (Å²) < 4.78 is 5.89. The van der Waals surface area contributed by atoms with Gasteiger partial charge in [0.25, 0.3) is 0 Å². The van der Waals surface area contributed by atoms with Crippen LogP contribution in [0.4, 0.5) is 5.69 Å². The Kier molecular flexibility index (Phi) is 8.25. The number of benzene rings is 2. The lowest BCUT2D eigenvalue weighted by molar-refractivity contribution is -0.136. The van der Waals surface area contributed by atoms with E-state index in [4.69, 9.17) is 16.3 Å². The van der Waals surface area contributed by atoms with E-state index in [2.05, 4.69) is 27.7 Å². The highest BCUT2D eigenvalue weighted by molar-refractivity contribution is 6.40. The minimum absolute atomic E-state index is 0.110. The minimum atomic E-state index is -0.681. The first-order valence-corrected chi connectivity index (χ1v) is 10.6. The molecule has 2 aromatic carbocycles. The van der Waals surface area contributed by atoms with E-state index in [1.165, 1.54) is 5.56 Å². The molecule has 0 saturated carbocycles. The molecule has 0 aromatic heterocycles. The number of amides is 2. The first-order chi connectivity index (χ1) is 14.5. The highest BCUT2D eigenvalue weighted by Crippen LogP contribution is 2.22. The van der Waals surface area contributed by atoms with E-state index in [-0.39, 0.29) is 6.10 Å². The number of halogens is 1. The van der Waals surface area contributed by atoms with Gasteiger partial charge in [-0.05, 0) is 49.6 Å². The minimum Gasteiger partial charge on any atom is -0.371 e. The van der Waals surface area contributed by atoms with E-state index in [9.17, 15) is 9.59 Å². The summed E-state index contributed by atoms with van der Waals surface area (Å²) in [5.41, 5.74) is 2.60. The highest BCUT2D eigenvalue weighted by Gasteiger charge is 2.21. The molecule has 30 heavy (non-hydrogen) atoms. The Morgan fingerprint density at radius 1 is 1.13 bits per heavy atom. The van der Waals surface area contributed by atoms with Gasteiger partial charge in [-0.3, -0.25) is 14.5 Å². The third-order valence-corrected chi connectivity index (χ3v) is 5.40. The van der Waals surface area contributed by atoms with E-state index in [0.29, 0.717) is 17.3 Å². The maximum Gasteiger partial charge on any atom is 0.313 e. The lowest BCUT2D eigenvalue weighted by Gasteiger charge is -2.33. The lowest BCUT2D eigenvalue weighted by Crippen LogP contribution is -2.39. The zero-order valence-corrected chi connectivity index (χ0v) is 18.0. The van der Waals surface area contributed by atoms with Crippen LogP contribution in [0.15, 0.2) is 48.5 Å². The number of anilines is 1. The zero-order chi connectivity index (χ0) is 21.3. The molecular formula is C23H28ClN3O3. The Morgan fingerprint density at radius 3 is 2.73 bits per heavy atom. The van der Waals surface area contributed by atoms with Crippen molar-refractivity contribution in [3.8, 4) is 0 Å². The molecule has 1 heterocycles. The van der Waals surface area contributed by atoms with Crippen LogP contribution >= 0.6 is 11.6 Å². The number of rotatable bonds is 7. The summed E-state index contributed by atoms with van der Waals surface area (Å²) in [6, 6.07) is 15.4. The molecule has 0 radical (unpaired) electrons. The smallest absolute Gasteiger partial charge is 0.313 e. The molecule has 1 fully saturated rings. The van der Waals surface area contributed by atoms with Gasteiger partial charge in [0.1, 0.15) is 0 Å². The summed E-state index contributed by atoms with van der Waals surface area (Å²) in [6.07, 6.45) is 1.86. The van der Waals surface area contributed by atoms with Crippen molar-refractivity contribution in [2.45, 2.75) is 25.9 Å². The monoisotopic (exact) mass is 429 g/mol. The van der Waals surface area contributed by atoms with Gasteiger partial charge in [0.05, 0.1) is 12.7 Å². The van der Waals surface area contributed by atoms with Crippen molar-refractivity contribution in [2.75, 3.05) is 38.1 Å². The fraction of sp³-hybridized carbons (Fsp3) is 0.391. The number of aryl methyl sites for hydroxylation is 1. The first kappa shape index (κ1) is 22.3. The van der Waals surface area contributed by atoms with Crippen molar-refractivity contribution in [3.05, 3.63) is 64.7 Å². The zero-order valence-electron chi connectivity index (χ0n) is 17.2. The van der Waals surface area contributed by atoms with Crippen LogP contribution in [0.3, 0.4) is 0 Å². The largest absolute Gasteiger partial charge is 0.371 e. The molecule has 160 valence electrons. The molecule has 1 saturated heterocycles. The van der Waals surface area contributed by atoms with Gasteiger partial charge in [-0.15, -0.1) is 0 Å². The number of carbonyl (C=O) groups excluding carboxylic acids is 2. The van der Waals surface area contributed by atoms with Crippen molar-refractivity contribution in [1.29, 1.82) is 0 Å². The molecule has 2 aromatic rings. The maximum atomic E-state index is 12.1. The lowest BCUT2D eigenvalue weighted by atomic mass is 10.1. The normalized spacial score (nSPS) is 16.8. The Morgan fingerprint density at radius 2 is 1.93 bits per heavy atom. The number of nitrogens with zero attached hydrogens (tertiary/aromatic N) is 1. The van der Waals surface area contributed by atoms with E-state index >= 15 is 0 Å². The molecule has 1 unspecified atom stereocenters. The molecule has 6 nitrogen and oxygen atoms in total. The van der Waals surface area contributed by atoms with Crippen LogP contribution in [0.2, 0.25) is 5.02 Å². The fourth-order valence-corrected chi connectivity index (χ4v) is 3.60. The molecule has 0 aliphatic carbocycles. The van der Waals surface area contributed by atoms with E-state index in [1.54, 1.807) is 18.2 Å². The Bertz CT molecular complexity index is 860.